The van der Waals surface area contributed by atoms with Gasteiger partial charge in [-0.2, -0.15) is 0 Å². The number of rotatable bonds is 7. The number of halogens is 3. The second-order valence-electron chi connectivity index (χ2n) is 6.57. The molecule has 0 spiro atoms. The Morgan fingerprint density at radius 2 is 1.87 bits per heavy atom. The van der Waals surface area contributed by atoms with Gasteiger partial charge in [-0.25, -0.2) is 21.6 Å². The summed E-state index contributed by atoms with van der Waals surface area (Å²) in [5.74, 6) is -5.17. The number of anilines is 1. The maximum Gasteiger partial charge on any atom is 0.263 e. The lowest BCUT2D eigenvalue weighted by Crippen LogP contribution is -2.39. The first-order valence-electron chi connectivity index (χ1n) is 9.14. The van der Waals surface area contributed by atoms with Crippen LogP contribution in [-0.2, 0) is 14.8 Å². The molecule has 0 radical (unpaired) electrons. The number of hydrazine groups is 1. The quantitative estimate of drug-likeness (QED) is 0.455. The average molecular weight is 440 g/mol. The van der Waals surface area contributed by atoms with Crippen molar-refractivity contribution < 1.29 is 26.4 Å². The van der Waals surface area contributed by atoms with Crippen LogP contribution >= 0.6 is 0 Å². The van der Waals surface area contributed by atoms with Crippen molar-refractivity contribution in [3.63, 3.8) is 0 Å². The molecule has 0 aliphatic carbocycles. The molecule has 3 N–H and O–H groups in total. The van der Waals surface area contributed by atoms with Gasteiger partial charge >= 0.3 is 0 Å². The number of amidine groups is 1. The maximum absolute atomic E-state index is 13.8. The van der Waals surface area contributed by atoms with Gasteiger partial charge in [0.15, 0.2) is 17.5 Å². The number of aliphatic imine (C=N–C) groups is 1. The summed E-state index contributed by atoms with van der Waals surface area (Å²) in [4.78, 5) is 16.9. The second-order valence-corrected chi connectivity index (χ2v) is 8.23. The molecule has 2 aromatic rings. The molecule has 0 bridgehead atoms. The van der Waals surface area contributed by atoms with Crippen molar-refractivity contribution in [1.82, 2.24) is 10.1 Å². The highest BCUT2D eigenvalue weighted by Crippen LogP contribution is 2.23. The molecule has 0 fully saturated rings. The van der Waals surface area contributed by atoms with Crippen LogP contribution in [0.1, 0.15) is 31.7 Å². The van der Waals surface area contributed by atoms with E-state index < -0.39 is 45.1 Å². The van der Waals surface area contributed by atoms with Gasteiger partial charge in [0.25, 0.3) is 15.9 Å². The summed E-state index contributed by atoms with van der Waals surface area (Å²) in [5.41, 5.74) is 4.30. The monoisotopic (exact) mass is 440 g/mol. The molecule has 0 saturated heterocycles. The molecule has 1 amide bonds. The average Bonchev–Trinajstić information content (AvgIpc) is 2.99. The topological polar surface area (TPSA) is 99.7 Å². The fourth-order valence-electron chi connectivity index (χ4n) is 2.87. The van der Waals surface area contributed by atoms with Crippen LogP contribution in [0.5, 0.6) is 0 Å². The van der Waals surface area contributed by atoms with Gasteiger partial charge in [0, 0.05) is 5.56 Å². The standard InChI is InChI=1S/C19H19F3N4O3S/c1-2-3-7-14(19(27)25-24-13-10-9-12(20)16(21)17(13)22)23-18-11-6-4-5-8-15(11)30(28,29)26-18/h4-6,8-10,14,24H,2-3,7H2,1H3,(H,23,26)(H,25,27). The van der Waals surface area contributed by atoms with E-state index in [4.69, 9.17) is 0 Å². The van der Waals surface area contributed by atoms with Crippen molar-refractivity contribution in [3.05, 3.63) is 59.4 Å². The Kier molecular flexibility index (Phi) is 6.30. The van der Waals surface area contributed by atoms with E-state index in [1.165, 1.54) is 6.07 Å². The van der Waals surface area contributed by atoms with E-state index in [1.54, 1.807) is 18.2 Å². The normalized spacial score (nSPS) is 16.6. The molecule has 0 saturated carbocycles. The van der Waals surface area contributed by atoms with Crippen LogP contribution in [0.3, 0.4) is 0 Å². The number of fused-ring (bicyclic) bond motifs is 1. The first-order chi connectivity index (χ1) is 14.2. The zero-order valence-corrected chi connectivity index (χ0v) is 16.7. The highest BCUT2D eigenvalue weighted by Gasteiger charge is 2.31. The van der Waals surface area contributed by atoms with Gasteiger partial charge in [-0.1, -0.05) is 31.9 Å². The third kappa shape index (κ3) is 4.40. The van der Waals surface area contributed by atoms with Crippen molar-refractivity contribution in [2.75, 3.05) is 5.43 Å². The van der Waals surface area contributed by atoms with Gasteiger partial charge in [-0.05, 0) is 30.7 Å². The number of hydrogen-bond acceptors (Lipinski definition) is 5. The first-order valence-corrected chi connectivity index (χ1v) is 10.6. The van der Waals surface area contributed by atoms with Gasteiger partial charge in [0.05, 0.1) is 10.6 Å². The summed E-state index contributed by atoms with van der Waals surface area (Å²) in [6, 6.07) is 6.85. The highest BCUT2D eigenvalue weighted by atomic mass is 32.2. The van der Waals surface area contributed by atoms with Crippen LogP contribution in [0.25, 0.3) is 0 Å². The number of nitrogens with one attached hydrogen (secondary N) is 3. The van der Waals surface area contributed by atoms with E-state index in [0.717, 1.165) is 12.5 Å². The fraction of sp³-hybridized carbons (Fsp3) is 0.263. The first kappa shape index (κ1) is 21.6. The smallest absolute Gasteiger partial charge is 0.263 e. The fourth-order valence-corrected chi connectivity index (χ4v) is 4.11. The molecule has 1 heterocycles. The van der Waals surface area contributed by atoms with Crippen LogP contribution in [0.2, 0.25) is 0 Å². The third-order valence-corrected chi connectivity index (χ3v) is 5.83. The second kappa shape index (κ2) is 8.74. The Balaban J connectivity index is 1.82. The summed E-state index contributed by atoms with van der Waals surface area (Å²) in [6.07, 6.45) is 1.66. The highest BCUT2D eigenvalue weighted by molar-refractivity contribution is 7.90. The number of carbonyl (C=O) groups excluding carboxylic acids is 1. The number of hydrogen-bond donors (Lipinski definition) is 3. The third-order valence-electron chi connectivity index (χ3n) is 4.44. The Morgan fingerprint density at radius 1 is 1.13 bits per heavy atom. The van der Waals surface area contributed by atoms with Crippen LogP contribution in [0.15, 0.2) is 46.3 Å². The molecule has 7 nitrogen and oxygen atoms in total. The van der Waals surface area contributed by atoms with Crippen molar-refractivity contribution in [1.29, 1.82) is 0 Å². The number of sulfonamides is 1. The molecule has 11 heteroatoms. The number of amides is 1. The zero-order valence-electron chi connectivity index (χ0n) is 15.9. The summed E-state index contributed by atoms with van der Waals surface area (Å²) in [5, 5.41) is 0. The van der Waals surface area contributed by atoms with Crippen LogP contribution in [0, 0.1) is 17.5 Å². The minimum atomic E-state index is -3.77. The van der Waals surface area contributed by atoms with Crippen LogP contribution in [-0.4, -0.2) is 26.2 Å². The largest absolute Gasteiger partial charge is 0.295 e. The molecule has 1 atom stereocenters. The molecule has 1 aliphatic heterocycles. The van der Waals surface area contributed by atoms with E-state index >= 15 is 0 Å². The lowest BCUT2D eigenvalue weighted by atomic mass is 10.1. The minimum Gasteiger partial charge on any atom is -0.295 e. The van der Waals surface area contributed by atoms with Crippen molar-refractivity contribution in [3.8, 4) is 0 Å². The molecule has 0 aromatic heterocycles. The number of unbranched alkanes of at least 4 members (excludes halogenated alkanes) is 1. The zero-order chi connectivity index (χ0) is 21.9. The molecular weight excluding hydrogens is 421 g/mol. The summed E-state index contributed by atoms with van der Waals surface area (Å²) >= 11 is 0. The molecular formula is C19H19F3N4O3S. The Labute approximate surface area is 171 Å². The predicted molar refractivity (Wildman–Crippen MR) is 105 cm³/mol. The molecule has 3 rings (SSSR count). The van der Waals surface area contributed by atoms with Gasteiger partial charge < -0.3 is 0 Å². The van der Waals surface area contributed by atoms with Crippen molar-refractivity contribution in [2.45, 2.75) is 37.1 Å². The van der Waals surface area contributed by atoms with Gasteiger partial charge in [0.2, 0.25) is 0 Å². The number of nitrogens with zero attached hydrogens (tertiary/aromatic N) is 1. The number of carbonyl (C=O) groups is 1. The predicted octanol–water partition coefficient (Wildman–Crippen LogP) is 2.84. The van der Waals surface area contributed by atoms with Crippen LogP contribution in [0.4, 0.5) is 18.9 Å². The number of benzene rings is 2. The lowest BCUT2D eigenvalue weighted by Gasteiger charge is -2.15. The summed E-state index contributed by atoms with van der Waals surface area (Å²) in [6.45, 7) is 1.91. The molecule has 1 aliphatic rings. The van der Waals surface area contributed by atoms with Gasteiger partial charge in [-0.15, -0.1) is 0 Å². The van der Waals surface area contributed by atoms with Crippen molar-refractivity contribution in [2.24, 2.45) is 4.99 Å². The molecule has 1 unspecified atom stereocenters. The van der Waals surface area contributed by atoms with Crippen molar-refractivity contribution >= 4 is 27.5 Å². The summed E-state index contributed by atoms with van der Waals surface area (Å²) in [7, 11) is -3.77. The minimum absolute atomic E-state index is 0.0286. The van der Waals surface area contributed by atoms with E-state index in [1.807, 2.05) is 6.92 Å². The van der Waals surface area contributed by atoms with E-state index in [0.29, 0.717) is 18.1 Å². The SMILES string of the molecule is CCCCC(N=C1NS(=O)(=O)c2ccccc21)C(=O)NNc1ccc(F)c(F)c1F. The summed E-state index contributed by atoms with van der Waals surface area (Å²) < 4.78 is 66.9. The Hall–Kier alpha value is -3.08. The lowest BCUT2D eigenvalue weighted by molar-refractivity contribution is -0.121. The van der Waals surface area contributed by atoms with E-state index in [2.05, 4.69) is 20.6 Å². The Morgan fingerprint density at radius 3 is 2.60 bits per heavy atom. The van der Waals surface area contributed by atoms with E-state index in [-0.39, 0.29) is 17.2 Å². The molecule has 30 heavy (non-hydrogen) atoms. The Bertz CT molecular complexity index is 1110. The molecule has 160 valence electrons. The van der Waals surface area contributed by atoms with Gasteiger partial charge in [-0.3, -0.25) is 25.4 Å². The maximum atomic E-state index is 13.8. The van der Waals surface area contributed by atoms with E-state index in [9.17, 15) is 26.4 Å². The van der Waals surface area contributed by atoms with Crippen LogP contribution < -0.4 is 15.6 Å². The van der Waals surface area contributed by atoms with Gasteiger partial charge in [0.1, 0.15) is 11.9 Å². The molecule has 2 aromatic carbocycles.